The van der Waals surface area contributed by atoms with Gasteiger partial charge in [-0.15, -0.1) is 11.3 Å². The summed E-state index contributed by atoms with van der Waals surface area (Å²) in [5.74, 6) is 0.153. The zero-order chi connectivity index (χ0) is 14.1. The van der Waals surface area contributed by atoms with Crippen LogP contribution in [0.5, 0.6) is 0 Å². The minimum atomic E-state index is 0.153. The van der Waals surface area contributed by atoms with Crippen LogP contribution in [0.3, 0.4) is 0 Å². The molecule has 4 heteroatoms. The van der Waals surface area contributed by atoms with Gasteiger partial charge in [0.1, 0.15) is 0 Å². The number of halogens is 1. The third kappa shape index (κ3) is 2.81. The first kappa shape index (κ1) is 13.8. The maximum atomic E-state index is 12.8. The summed E-state index contributed by atoms with van der Waals surface area (Å²) in [5.41, 5.74) is 1.83. The molecule has 1 aromatic carbocycles. The molecule has 1 saturated carbocycles. The van der Waals surface area contributed by atoms with E-state index in [2.05, 4.69) is 27.4 Å². The average molecular weight is 350 g/mol. The number of rotatable bonds is 4. The van der Waals surface area contributed by atoms with Gasteiger partial charge in [-0.3, -0.25) is 4.79 Å². The lowest BCUT2D eigenvalue weighted by atomic mass is 10.1. The summed E-state index contributed by atoms with van der Waals surface area (Å²) < 4.78 is 0.996. The number of nitrogens with zero attached hydrogens (tertiary/aromatic N) is 1. The number of benzene rings is 1. The molecule has 1 amide bonds. The first-order valence-corrected chi connectivity index (χ1v) is 8.42. The molecule has 104 valence electrons. The lowest BCUT2D eigenvalue weighted by molar-refractivity contribution is 0.0731. The van der Waals surface area contributed by atoms with E-state index in [1.54, 1.807) is 11.3 Å². The Morgan fingerprint density at radius 2 is 2.15 bits per heavy atom. The topological polar surface area (TPSA) is 20.3 Å². The van der Waals surface area contributed by atoms with Gasteiger partial charge in [0.05, 0.1) is 6.54 Å². The van der Waals surface area contributed by atoms with Crippen molar-refractivity contribution in [2.75, 3.05) is 0 Å². The van der Waals surface area contributed by atoms with Crippen molar-refractivity contribution < 1.29 is 4.79 Å². The van der Waals surface area contributed by atoms with E-state index < -0.39 is 0 Å². The predicted molar refractivity (Wildman–Crippen MR) is 86.1 cm³/mol. The quantitative estimate of drug-likeness (QED) is 0.788. The van der Waals surface area contributed by atoms with Crippen molar-refractivity contribution in [1.29, 1.82) is 0 Å². The van der Waals surface area contributed by atoms with E-state index in [0.29, 0.717) is 6.04 Å². The Morgan fingerprint density at radius 1 is 1.35 bits per heavy atom. The zero-order valence-corrected chi connectivity index (χ0v) is 13.7. The molecule has 0 N–H and O–H groups in total. The lowest BCUT2D eigenvalue weighted by Crippen LogP contribution is -2.32. The average Bonchev–Trinajstić information content (AvgIpc) is 3.15. The molecule has 1 fully saturated rings. The highest BCUT2D eigenvalue weighted by Gasteiger charge is 2.33. The number of hydrogen-bond donors (Lipinski definition) is 0. The van der Waals surface area contributed by atoms with Crippen LogP contribution in [0.25, 0.3) is 0 Å². The predicted octanol–water partition coefficient (Wildman–Crippen LogP) is 4.62. The summed E-state index contributed by atoms with van der Waals surface area (Å²) in [4.78, 5) is 16.1. The van der Waals surface area contributed by atoms with E-state index in [4.69, 9.17) is 0 Å². The molecule has 20 heavy (non-hydrogen) atoms. The number of thiophene rings is 1. The number of hydrogen-bond acceptors (Lipinski definition) is 2. The van der Waals surface area contributed by atoms with E-state index >= 15 is 0 Å². The van der Waals surface area contributed by atoms with Gasteiger partial charge >= 0.3 is 0 Å². The molecule has 1 aromatic heterocycles. The Hall–Kier alpha value is -1.13. The monoisotopic (exact) mass is 349 g/mol. The van der Waals surface area contributed by atoms with Crippen molar-refractivity contribution in [3.05, 3.63) is 56.2 Å². The fraction of sp³-hybridized carbons (Fsp3) is 0.312. The van der Waals surface area contributed by atoms with Crippen LogP contribution in [0.2, 0.25) is 0 Å². The second-order valence-electron chi connectivity index (χ2n) is 5.16. The van der Waals surface area contributed by atoms with Crippen molar-refractivity contribution in [3.8, 4) is 0 Å². The van der Waals surface area contributed by atoms with E-state index in [-0.39, 0.29) is 5.91 Å². The van der Waals surface area contributed by atoms with Crippen LogP contribution in [0, 0.1) is 6.92 Å². The summed E-state index contributed by atoms with van der Waals surface area (Å²) in [6.07, 6.45) is 2.26. The Kier molecular flexibility index (Phi) is 3.94. The first-order valence-electron chi connectivity index (χ1n) is 6.75. The van der Waals surface area contributed by atoms with E-state index in [0.717, 1.165) is 35.0 Å². The largest absolute Gasteiger partial charge is 0.331 e. The minimum Gasteiger partial charge on any atom is -0.331 e. The molecule has 1 aliphatic rings. The van der Waals surface area contributed by atoms with E-state index in [9.17, 15) is 4.79 Å². The Labute approximate surface area is 131 Å². The van der Waals surface area contributed by atoms with Gasteiger partial charge in [0.25, 0.3) is 5.91 Å². The van der Waals surface area contributed by atoms with Crippen LogP contribution >= 0.6 is 27.3 Å². The van der Waals surface area contributed by atoms with Crippen LogP contribution in [0.4, 0.5) is 0 Å². The molecule has 0 spiro atoms. The summed E-state index contributed by atoms with van der Waals surface area (Å²) in [5, 5.41) is 2.06. The molecule has 1 aliphatic carbocycles. The second-order valence-corrected chi connectivity index (χ2v) is 7.04. The lowest BCUT2D eigenvalue weighted by Gasteiger charge is -2.23. The maximum Gasteiger partial charge on any atom is 0.254 e. The first-order chi connectivity index (χ1) is 9.66. The number of carbonyl (C=O) groups is 1. The molecule has 0 atom stereocenters. The molecule has 0 saturated heterocycles. The summed E-state index contributed by atoms with van der Waals surface area (Å²) >= 11 is 5.22. The molecule has 0 bridgehead atoms. The van der Waals surface area contributed by atoms with Crippen molar-refractivity contribution >= 4 is 33.2 Å². The van der Waals surface area contributed by atoms with Gasteiger partial charge in [-0.05, 0) is 48.9 Å². The zero-order valence-electron chi connectivity index (χ0n) is 11.3. The Balaban J connectivity index is 1.87. The van der Waals surface area contributed by atoms with E-state index in [1.807, 2.05) is 36.1 Å². The van der Waals surface area contributed by atoms with Crippen molar-refractivity contribution in [3.63, 3.8) is 0 Å². The van der Waals surface area contributed by atoms with Crippen molar-refractivity contribution in [1.82, 2.24) is 4.90 Å². The van der Waals surface area contributed by atoms with Crippen LogP contribution in [-0.4, -0.2) is 16.8 Å². The SMILES string of the molecule is Cc1c(Br)cccc1C(=O)N(Cc1cccs1)C1CC1. The van der Waals surface area contributed by atoms with Gasteiger partial charge in [-0.2, -0.15) is 0 Å². The standard InChI is InChI=1S/C16H16BrNOS/c1-11-14(5-2-6-15(11)17)16(19)18(12-7-8-12)10-13-4-3-9-20-13/h2-6,9,12H,7-8,10H2,1H3. The van der Waals surface area contributed by atoms with Gasteiger partial charge in [-0.1, -0.05) is 28.1 Å². The molecule has 2 nitrogen and oxygen atoms in total. The molecule has 0 unspecified atom stereocenters. The molecule has 2 aromatic rings. The summed E-state index contributed by atoms with van der Waals surface area (Å²) in [7, 11) is 0. The third-order valence-electron chi connectivity index (χ3n) is 3.65. The minimum absolute atomic E-state index is 0.153. The third-order valence-corrected chi connectivity index (χ3v) is 5.37. The molecule has 3 rings (SSSR count). The highest BCUT2D eigenvalue weighted by atomic mass is 79.9. The Bertz CT molecular complexity index is 619. The van der Waals surface area contributed by atoms with Crippen LogP contribution in [0.15, 0.2) is 40.2 Å². The van der Waals surface area contributed by atoms with Gasteiger partial charge in [0, 0.05) is 21.0 Å². The van der Waals surface area contributed by atoms with Gasteiger partial charge in [0.2, 0.25) is 0 Å². The summed E-state index contributed by atoms with van der Waals surface area (Å²) in [6, 6.07) is 10.4. The van der Waals surface area contributed by atoms with Crippen LogP contribution < -0.4 is 0 Å². The second kappa shape index (κ2) is 5.70. The maximum absolute atomic E-state index is 12.8. The van der Waals surface area contributed by atoms with Crippen LogP contribution in [-0.2, 0) is 6.54 Å². The number of carbonyl (C=O) groups excluding carboxylic acids is 1. The van der Waals surface area contributed by atoms with E-state index in [1.165, 1.54) is 4.88 Å². The van der Waals surface area contributed by atoms with Crippen LogP contribution in [0.1, 0.15) is 33.6 Å². The van der Waals surface area contributed by atoms with Gasteiger partial charge in [-0.25, -0.2) is 0 Å². The molecular weight excluding hydrogens is 334 g/mol. The van der Waals surface area contributed by atoms with Gasteiger partial charge in [0.15, 0.2) is 0 Å². The fourth-order valence-electron chi connectivity index (χ4n) is 2.32. The van der Waals surface area contributed by atoms with Crippen molar-refractivity contribution in [2.24, 2.45) is 0 Å². The highest BCUT2D eigenvalue weighted by Crippen LogP contribution is 2.32. The molecule has 1 heterocycles. The van der Waals surface area contributed by atoms with Crippen molar-refractivity contribution in [2.45, 2.75) is 32.4 Å². The molecule has 0 radical (unpaired) electrons. The number of amides is 1. The normalized spacial score (nSPS) is 14.3. The highest BCUT2D eigenvalue weighted by molar-refractivity contribution is 9.10. The van der Waals surface area contributed by atoms with Gasteiger partial charge < -0.3 is 4.90 Å². The summed E-state index contributed by atoms with van der Waals surface area (Å²) in [6.45, 7) is 2.72. The molecular formula is C16H16BrNOS. The Morgan fingerprint density at radius 3 is 2.80 bits per heavy atom. The molecule has 0 aliphatic heterocycles. The smallest absolute Gasteiger partial charge is 0.254 e. The fourth-order valence-corrected chi connectivity index (χ4v) is 3.39.